The van der Waals surface area contributed by atoms with Crippen LogP contribution >= 0.6 is 15.8 Å². The van der Waals surface area contributed by atoms with Crippen molar-refractivity contribution < 1.29 is 17.1 Å². The minimum atomic E-state index is -0.646. The molecule has 8 aromatic carbocycles. The van der Waals surface area contributed by atoms with Gasteiger partial charge in [0.05, 0.1) is 0 Å². The summed E-state index contributed by atoms with van der Waals surface area (Å²) < 4.78 is 0. The molecule has 0 amide bonds. The van der Waals surface area contributed by atoms with Crippen molar-refractivity contribution in [2.75, 3.05) is 28.2 Å². The van der Waals surface area contributed by atoms with Gasteiger partial charge < -0.3 is 9.80 Å². The average Bonchev–Trinajstić information content (AvgIpc) is 3.92. The van der Waals surface area contributed by atoms with E-state index in [-0.39, 0.29) is 29.2 Å². The summed E-state index contributed by atoms with van der Waals surface area (Å²) in [6.07, 6.45) is 0. The van der Waals surface area contributed by atoms with Crippen LogP contribution in [0.3, 0.4) is 0 Å². The zero-order valence-electron chi connectivity index (χ0n) is 36.8. The number of aryl methyl sites for hydroxylation is 4. The molecule has 8 aromatic rings. The zero-order valence-corrected chi connectivity index (χ0v) is 39.7. The molecule has 2 atom stereocenters. The normalized spacial score (nSPS) is 12.3. The molecule has 8 rings (SSSR count). The second kappa shape index (κ2) is 21.4. The third kappa shape index (κ3) is 10.3. The second-order valence-corrected chi connectivity index (χ2v) is 20.3. The van der Waals surface area contributed by atoms with E-state index >= 15 is 0 Å². The van der Waals surface area contributed by atoms with E-state index in [1.165, 1.54) is 76.3 Å². The van der Waals surface area contributed by atoms with Crippen molar-refractivity contribution in [3.8, 4) is 0 Å². The fraction of sp³-hybridized carbons (Fsp3) is 0.179. The Morgan fingerprint density at radius 1 is 0.361 bits per heavy atom. The van der Waals surface area contributed by atoms with Gasteiger partial charge in [0.2, 0.25) is 0 Å². The van der Waals surface area contributed by atoms with Crippen molar-refractivity contribution >= 4 is 47.7 Å². The van der Waals surface area contributed by atoms with Gasteiger partial charge in [0.25, 0.3) is 0 Å². The first-order chi connectivity index (χ1) is 29.2. The molecule has 0 saturated carbocycles. The van der Waals surface area contributed by atoms with Gasteiger partial charge in [0.1, 0.15) is 0 Å². The Balaban J connectivity index is 0.000000201. The van der Waals surface area contributed by atoms with Crippen molar-refractivity contribution in [2.24, 2.45) is 0 Å². The largest absolute Gasteiger partial charge is 2.00 e. The van der Waals surface area contributed by atoms with Gasteiger partial charge in [-0.15, -0.1) is 10.6 Å². The van der Waals surface area contributed by atoms with E-state index in [1.54, 1.807) is 0 Å². The zero-order chi connectivity index (χ0) is 42.2. The van der Waals surface area contributed by atoms with Crippen molar-refractivity contribution in [2.45, 2.75) is 39.8 Å². The number of benzene rings is 6. The maximum Gasteiger partial charge on any atom is 2.00 e. The van der Waals surface area contributed by atoms with Crippen LogP contribution < -0.4 is 31.8 Å². The van der Waals surface area contributed by atoms with Gasteiger partial charge in [0, 0.05) is 12.1 Å². The maximum atomic E-state index is 2.35. The molecule has 0 aliphatic rings. The Labute approximate surface area is 379 Å². The van der Waals surface area contributed by atoms with E-state index in [4.69, 9.17) is 0 Å². The van der Waals surface area contributed by atoms with Gasteiger partial charge in [0.15, 0.2) is 0 Å². The Bertz CT molecular complexity index is 2320. The van der Waals surface area contributed by atoms with Gasteiger partial charge in [-0.25, -0.2) is 12.1 Å². The smallest absolute Gasteiger partial charge is 0.310 e. The van der Waals surface area contributed by atoms with Crippen molar-refractivity contribution in [1.82, 2.24) is 9.80 Å². The first-order valence-electron chi connectivity index (χ1n) is 20.9. The average molecular weight is 877 g/mol. The third-order valence-corrected chi connectivity index (χ3v) is 17.1. The molecule has 0 unspecified atom stereocenters. The van der Waals surface area contributed by atoms with E-state index < -0.39 is 15.8 Å². The van der Waals surface area contributed by atoms with Gasteiger partial charge in [-0.3, -0.25) is 0 Å². The fourth-order valence-electron chi connectivity index (χ4n) is 8.54. The SMILES string of the molecule is Cc1ccccc1P(c1ccccc1C)c1[cH-]ccc1[C@@H](c1ccccc1)N(C)C.Cc1ccccc1P(c1ccccc1C)c1[cH-]ccc1[C@@H](c1ccccc1)N(C)C.[Fe+2]. The van der Waals surface area contributed by atoms with E-state index in [2.05, 4.69) is 260 Å². The summed E-state index contributed by atoms with van der Waals surface area (Å²) in [5.41, 5.74) is 10.9. The van der Waals surface area contributed by atoms with E-state index in [9.17, 15) is 0 Å². The first kappa shape index (κ1) is 45.8. The van der Waals surface area contributed by atoms with Crippen molar-refractivity contribution in [1.29, 1.82) is 0 Å². The first-order valence-corrected chi connectivity index (χ1v) is 23.6. The Hall–Kier alpha value is -4.68. The minimum Gasteiger partial charge on any atom is -0.310 e. The molecular formula is C56H58FeN2P2. The molecule has 5 heteroatoms. The standard InChI is InChI=1S/2C28H29NP.Fe/c2*1-21-13-8-10-18-25(21)30(26-19-11-9-14-22(26)2)27-20-12-17-24(27)28(29(3)4)23-15-6-5-7-16-23;/h2*5-20,28H,1-4H3;/q2*-1;+2/t2*28-;/m11./s1. The molecular weight excluding hydrogens is 818 g/mol. The van der Waals surface area contributed by atoms with Crippen LogP contribution in [0.5, 0.6) is 0 Å². The molecule has 0 radical (unpaired) electrons. The molecule has 0 aliphatic carbocycles. The van der Waals surface area contributed by atoms with Gasteiger partial charge in [-0.2, -0.15) is 35.4 Å². The molecule has 2 nitrogen and oxygen atoms in total. The molecule has 0 aliphatic heterocycles. The van der Waals surface area contributed by atoms with E-state index in [0.29, 0.717) is 0 Å². The molecule has 0 spiro atoms. The van der Waals surface area contributed by atoms with Crippen LogP contribution in [0.4, 0.5) is 0 Å². The Morgan fingerprint density at radius 2 is 0.623 bits per heavy atom. The Kier molecular flexibility index (Phi) is 16.1. The fourth-order valence-corrected chi connectivity index (χ4v) is 14.1. The number of hydrogen-bond acceptors (Lipinski definition) is 2. The summed E-state index contributed by atoms with van der Waals surface area (Å²) in [4.78, 5) is 4.66. The summed E-state index contributed by atoms with van der Waals surface area (Å²) in [5, 5.41) is 8.69. The van der Waals surface area contributed by atoms with Crippen LogP contribution in [0.2, 0.25) is 0 Å². The van der Waals surface area contributed by atoms with E-state index in [1.807, 2.05) is 0 Å². The third-order valence-electron chi connectivity index (χ3n) is 11.4. The Morgan fingerprint density at radius 3 is 0.885 bits per heavy atom. The second-order valence-electron chi connectivity index (χ2n) is 16.1. The van der Waals surface area contributed by atoms with Crippen LogP contribution in [0.1, 0.15) is 56.6 Å². The molecule has 0 N–H and O–H groups in total. The summed E-state index contributed by atoms with van der Waals surface area (Å²) in [7, 11) is 7.42. The summed E-state index contributed by atoms with van der Waals surface area (Å²) >= 11 is 0. The van der Waals surface area contributed by atoms with Crippen LogP contribution in [-0.2, 0) is 17.1 Å². The van der Waals surface area contributed by atoms with Gasteiger partial charge >= 0.3 is 17.1 Å². The number of nitrogens with zero attached hydrogens (tertiary/aromatic N) is 2. The molecule has 61 heavy (non-hydrogen) atoms. The number of rotatable bonds is 12. The summed E-state index contributed by atoms with van der Waals surface area (Å²) in [5.74, 6) is 0. The van der Waals surface area contributed by atoms with Crippen molar-refractivity contribution in [3.63, 3.8) is 0 Å². The topological polar surface area (TPSA) is 6.48 Å². The number of hydrogen-bond donors (Lipinski definition) is 0. The van der Waals surface area contributed by atoms with Crippen molar-refractivity contribution in [3.05, 3.63) is 239 Å². The summed E-state index contributed by atoms with van der Waals surface area (Å²) in [6.45, 7) is 8.97. The van der Waals surface area contributed by atoms with Gasteiger partial charge in [-0.1, -0.05) is 158 Å². The predicted molar refractivity (Wildman–Crippen MR) is 264 cm³/mol. The van der Waals surface area contributed by atoms with Crippen LogP contribution in [-0.4, -0.2) is 38.0 Å². The molecule has 0 fully saturated rings. The van der Waals surface area contributed by atoms with Crippen LogP contribution in [0.15, 0.2) is 194 Å². The molecule has 0 bridgehead atoms. The summed E-state index contributed by atoms with van der Waals surface area (Å²) in [6, 6.07) is 71.5. The van der Waals surface area contributed by atoms with E-state index in [0.717, 1.165) is 0 Å². The van der Waals surface area contributed by atoms with Crippen LogP contribution in [0, 0.1) is 27.7 Å². The molecule has 0 heterocycles. The van der Waals surface area contributed by atoms with Crippen LogP contribution in [0.25, 0.3) is 0 Å². The maximum absolute atomic E-state index is 2.35. The molecule has 0 saturated heterocycles. The molecule has 0 aromatic heterocycles. The molecule has 310 valence electrons. The predicted octanol–water partition coefficient (Wildman–Crippen LogP) is 10.9. The van der Waals surface area contributed by atoms with Gasteiger partial charge in [-0.05, 0) is 126 Å². The monoisotopic (exact) mass is 876 g/mol. The minimum absolute atomic E-state index is 0. The quantitative estimate of drug-likeness (QED) is 0.0685.